The predicted molar refractivity (Wildman–Crippen MR) is 149 cm³/mol. The van der Waals surface area contributed by atoms with E-state index in [1.807, 2.05) is 72.8 Å². The van der Waals surface area contributed by atoms with E-state index in [0.717, 1.165) is 52.2 Å². The largest absolute Gasteiger partial charge is 0.493 e. The van der Waals surface area contributed by atoms with Gasteiger partial charge in [0.1, 0.15) is 5.75 Å². The molecule has 0 bridgehead atoms. The number of nitrogens with zero attached hydrogens (tertiary/aromatic N) is 1. The summed E-state index contributed by atoms with van der Waals surface area (Å²) < 4.78 is 6.22. The number of anilines is 1. The molecule has 4 aromatic carbocycles. The summed E-state index contributed by atoms with van der Waals surface area (Å²) in [7, 11) is 0. The fourth-order valence-corrected chi connectivity index (χ4v) is 4.53. The summed E-state index contributed by atoms with van der Waals surface area (Å²) in [5.74, 6) is 0.829. The van der Waals surface area contributed by atoms with Gasteiger partial charge in [-0.1, -0.05) is 80.4 Å². The van der Waals surface area contributed by atoms with Crippen LogP contribution in [0.1, 0.15) is 42.1 Å². The van der Waals surface area contributed by atoms with E-state index < -0.39 is 0 Å². The number of carbonyl (C=O) groups is 1. The Morgan fingerprint density at radius 1 is 0.829 bits per heavy atom. The molecule has 0 fully saturated rings. The average Bonchev–Trinajstić information content (AvgIpc) is 2.90. The second-order valence-electron chi connectivity index (χ2n) is 8.73. The molecule has 0 aliphatic rings. The number of ether oxygens (including phenoxy) is 1. The van der Waals surface area contributed by atoms with Gasteiger partial charge < -0.3 is 9.64 Å². The zero-order valence-corrected chi connectivity index (χ0v) is 20.5. The minimum Gasteiger partial charge on any atom is -0.493 e. The lowest BCUT2D eigenvalue weighted by Crippen LogP contribution is -2.22. The monoisotopic (exact) mass is 463 g/mol. The number of ketones is 1. The fraction of sp³-hybridized carbons (Fsp3) is 0.219. The van der Waals surface area contributed by atoms with Crippen molar-refractivity contribution in [2.24, 2.45) is 0 Å². The Kier molecular flexibility index (Phi) is 7.99. The number of hydrogen-bond acceptors (Lipinski definition) is 3. The molecule has 0 saturated carbocycles. The first-order valence-corrected chi connectivity index (χ1v) is 12.4. The summed E-state index contributed by atoms with van der Waals surface area (Å²) >= 11 is 0. The predicted octanol–water partition coefficient (Wildman–Crippen LogP) is 7.97. The Morgan fingerprint density at radius 2 is 1.57 bits per heavy atom. The molecule has 0 aromatic heterocycles. The van der Waals surface area contributed by atoms with Crippen LogP contribution in [0.3, 0.4) is 0 Å². The Hall–Kier alpha value is -3.85. The molecule has 3 nitrogen and oxygen atoms in total. The molecule has 178 valence electrons. The van der Waals surface area contributed by atoms with Crippen LogP contribution in [-0.4, -0.2) is 25.5 Å². The second-order valence-corrected chi connectivity index (χ2v) is 8.73. The normalized spacial score (nSPS) is 10.9. The third-order valence-electron chi connectivity index (χ3n) is 6.31. The standard InChI is InChI=1S/C32H33NO2/c1-4-7-10-22-35-31-19-18-29(32(34)28-15-11-13-24-12-8-9-14-26(24)28)27-17-16-25(23-30(27)31)33(20-5-2)21-6-3/h5-6,8-9,11-19,23H,2-4,7,10,20-22H2,1H3. The molecular weight excluding hydrogens is 430 g/mol. The second kappa shape index (κ2) is 11.5. The van der Waals surface area contributed by atoms with Crippen molar-refractivity contribution in [1.82, 2.24) is 0 Å². The van der Waals surface area contributed by atoms with Crippen molar-refractivity contribution in [3.63, 3.8) is 0 Å². The van der Waals surface area contributed by atoms with Gasteiger partial charge in [0.15, 0.2) is 5.78 Å². The van der Waals surface area contributed by atoms with Crippen LogP contribution in [0.15, 0.2) is 98.1 Å². The number of fused-ring (bicyclic) bond motifs is 2. The highest BCUT2D eigenvalue weighted by Crippen LogP contribution is 2.34. The van der Waals surface area contributed by atoms with Crippen LogP contribution in [0.2, 0.25) is 0 Å². The lowest BCUT2D eigenvalue weighted by Gasteiger charge is -2.23. The van der Waals surface area contributed by atoms with E-state index >= 15 is 0 Å². The van der Waals surface area contributed by atoms with Gasteiger partial charge in [0.05, 0.1) is 6.61 Å². The molecule has 35 heavy (non-hydrogen) atoms. The van der Waals surface area contributed by atoms with Crippen molar-refractivity contribution in [2.75, 3.05) is 24.6 Å². The van der Waals surface area contributed by atoms with Gasteiger partial charge >= 0.3 is 0 Å². The van der Waals surface area contributed by atoms with Crippen molar-refractivity contribution in [2.45, 2.75) is 26.2 Å². The molecule has 0 spiro atoms. The van der Waals surface area contributed by atoms with Crippen molar-refractivity contribution in [3.05, 3.63) is 109 Å². The van der Waals surface area contributed by atoms with E-state index in [-0.39, 0.29) is 5.78 Å². The molecule has 0 aliphatic heterocycles. The minimum atomic E-state index is 0.0196. The SMILES string of the molecule is C=CCN(CC=C)c1ccc2c(C(=O)c3cccc4ccccc34)ccc(OCCCCC)c2c1. The molecule has 0 atom stereocenters. The zero-order valence-electron chi connectivity index (χ0n) is 20.5. The zero-order chi connectivity index (χ0) is 24.6. The Balaban J connectivity index is 1.82. The maximum absolute atomic E-state index is 13.8. The van der Waals surface area contributed by atoms with Crippen LogP contribution in [0.5, 0.6) is 5.75 Å². The highest BCUT2D eigenvalue weighted by Gasteiger charge is 2.18. The molecular formula is C32H33NO2. The lowest BCUT2D eigenvalue weighted by atomic mass is 9.93. The number of carbonyl (C=O) groups excluding carboxylic acids is 1. The summed E-state index contributed by atoms with van der Waals surface area (Å²) in [5.41, 5.74) is 2.44. The smallest absolute Gasteiger partial charge is 0.194 e. The highest BCUT2D eigenvalue weighted by atomic mass is 16.5. The van der Waals surface area contributed by atoms with E-state index in [0.29, 0.717) is 30.8 Å². The molecule has 0 amide bonds. The molecule has 0 saturated heterocycles. The van der Waals surface area contributed by atoms with Crippen LogP contribution in [0, 0.1) is 0 Å². The van der Waals surface area contributed by atoms with Crippen LogP contribution in [0.4, 0.5) is 5.69 Å². The molecule has 0 N–H and O–H groups in total. The van der Waals surface area contributed by atoms with Gasteiger partial charge in [-0.2, -0.15) is 0 Å². The minimum absolute atomic E-state index is 0.0196. The lowest BCUT2D eigenvalue weighted by molar-refractivity contribution is 0.104. The summed E-state index contributed by atoms with van der Waals surface area (Å²) in [6.07, 6.45) is 7.05. The third-order valence-corrected chi connectivity index (χ3v) is 6.31. The van der Waals surface area contributed by atoms with Crippen LogP contribution >= 0.6 is 0 Å². The first-order chi connectivity index (χ1) is 17.2. The average molecular weight is 464 g/mol. The number of benzene rings is 4. The first-order valence-electron chi connectivity index (χ1n) is 12.4. The Labute approximate surface area is 208 Å². The van der Waals surface area contributed by atoms with E-state index in [1.165, 1.54) is 0 Å². The van der Waals surface area contributed by atoms with Gasteiger partial charge in [-0.3, -0.25) is 4.79 Å². The molecule has 4 aromatic rings. The number of rotatable bonds is 12. The van der Waals surface area contributed by atoms with Crippen molar-refractivity contribution >= 4 is 33.0 Å². The molecule has 0 unspecified atom stereocenters. The summed E-state index contributed by atoms with van der Waals surface area (Å²) in [4.78, 5) is 16.0. The maximum atomic E-state index is 13.8. The van der Waals surface area contributed by atoms with E-state index in [9.17, 15) is 4.79 Å². The number of hydrogen-bond donors (Lipinski definition) is 0. The molecule has 0 radical (unpaired) electrons. The number of unbranched alkanes of at least 4 members (excludes halogenated alkanes) is 2. The third kappa shape index (κ3) is 5.30. The molecule has 0 aliphatic carbocycles. The van der Waals surface area contributed by atoms with Gasteiger partial charge in [-0.25, -0.2) is 0 Å². The van der Waals surface area contributed by atoms with Gasteiger partial charge in [-0.05, 0) is 46.8 Å². The Morgan fingerprint density at radius 3 is 2.34 bits per heavy atom. The van der Waals surface area contributed by atoms with Gasteiger partial charge in [0.2, 0.25) is 0 Å². The fourth-order valence-electron chi connectivity index (χ4n) is 4.53. The summed E-state index contributed by atoms with van der Waals surface area (Å²) in [6, 6.07) is 24.0. The van der Waals surface area contributed by atoms with E-state index in [4.69, 9.17) is 4.74 Å². The van der Waals surface area contributed by atoms with Gasteiger partial charge in [0, 0.05) is 35.3 Å². The quantitative estimate of drug-likeness (QED) is 0.121. The first kappa shape index (κ1) is 24.3. The van der Waals surface area contributed by atoms with Crippen molar-refractivity contribution < 1.29 is 9.53 Å². The van der Waals surface area contributed by atoms with Crippen molar-refractivity contribution in [1.29, 1.82) is 0 Å². The van der Waals surface area contributed by atoms with Crippen LogP contribution in [0.25, 0.3) is 21.5 Å². The van der Waals surface area contributed by atoms with E-state index in [2.05, 4.69) is 37.1 Å². The molecule has 4 rings (SSSR count). The summed E-state index contributed by atoms with van der Waals surface area (Å²) in [6.45, 7) is 12.1. The van der Waals surface area contributed by atoms with Gasteiger partial charge in [0.25, 0.3) is 0 Å². The molecule has 3 heteroatoms. The molecule has 0 heterocycles. The van der Waals surface area contributed by atoms with Crippen LogP contribution < -0.4 is 9.64 Å². The Bertz CT molecular complexity index is 1340. The van der Waals surface area contributed by atoms with Gasteiger partial charge in [-0.15, -0.1) is 13.2 Å². The van der Waals surface area contributed by atoms with Crippen molar-refractivity contribution in [3.8, 4) is 5.75 Å². The summed E-state index contributed by atoms with van der Waals surface area (Å²) in [5, 5.41) is 3.87. The van der Waals surface area contributed by atoms with Crippen LogP contribution in [-0.2, 0) is 0 Å². The topological polar surface area (TPSA) is 29.5 Å². The highest BCUT2D eigenvalue weighted by molar-refractivity contribution is 6.22. The maximum Gasteiger partial charge on any atom is 0.194 e. The van der Waals surface area contributed by atoms with E-state index in [1.54, 1.807) is 0 Å².